The lowest BCUT2D eigenvalue weighted by Crippen LogP contribution is -2.61. The Morgan fingerprint density at radius 2 is 1.94 bits per heavy atom. The van der Waals surface area contributed by atoms with Crippen molar-refractivity contribution < 1.29 is 4.74 Å². The lowest BCUT2D eigenvalue weighted by atomic mass is 9.88. The molecule has 0 amide bonds. The zero-order chi connectivity index (χ0) is 12.7. The maximum absolute atomic E-state index is 5.74. The van der Waals surface area contributed by atoms with E-state index in [2.05, 4.69) is 31.1 Å². The van der Waals surface area contributed by atoms with Gasteiger partial charge >= 0.3 is 0 Å². The summed E-state index contributed by atoms with van der Waals surface area (Å²) in [5.41, 5.74) is 3.12. The second-order valence-electron chi connectivity index (χ2n) is 5.47. The van der Waals surface area contributed by atoms with Crippen molar-refractivity contribution in [3.8, 4) is 0 Å². The molecule has 0 bridgehead atoms. The summed E-state index contributed by atoms with van der Waals surface area (Å²) in [5, 5.41) is 0. The summed E-state index contributed by atoms with van der Waals surface area (Å²) in [4.78, 5) is 2.49. The Kier molecular flexibility index (Phi) is 6.41. The van der Waals surface area contributed by atoms with E-state index in [1.54, 1.807) is 0 Å². The number of nitrogens with one attached hydrogen (secondary N) is 1. The van der Waals surface area contributed by atoms with Gasteiger partial charge in [-0.25, -0.2) is 0 Å². The molecule has 1 aliphatic heterocycles. The predicted molar refractivity (Wildman–Crippen MR) is 71.7 cm³/mol. The highest BCUT2D eigenvalue weighted by molar-refractivity contribution is 4.93. The molecule has 0 saturated carbocycles. The smallest absolute Gasteiger partial charge is 0.0594 e. The third kappa shape index (κ3) is 4.21. The fraction of sp³-hybridized carbons (Fsp3) is 1.00. The summed E-state index contributed by atoms with van der Waals surface area (Å²) in [5.74, 6) is 5.74. The normalized spacial score (nSPS) is 20.5. The van der Waals surface area contributed by atoms with Gasteiger partial charge in [0.15, 0.2) is 0 Å². The number of nitrogens with zero attached hydrogens (tertiary/aromatic N) is 1. The standard InChI is InChI=1S/C13H29N3O/c1-4-5-6-7-12(15-14)13(2,3)16-8-10-17-11-9-16/h12,15H,4-11,14H2,1-3H3. The highest BCUT2D eigenvalue weighted by Crippen LogP contribution is 2.23. The first-order valence-corrected chi connectivity index (χ1v) is 6.91. The van der Waals surface area contributed by atoms with E-state index in [-0.39, 0.29) is 5.54 Å². The first kappa shape index (κ1) is 14.9. The second-order valence-corrected chi connectivity index (χ2v) is 5.47. The summed E-state index contributed by atoms with van der Waals surface area (Å²) in [6.45, 7) is 10.5. The molecule has 1 fully saturated rings. The molecule has 4 heteroatoms. The van der Waals surface area contributed by atoms with Crippen molar-refractivity contribution in [3.05, 3.63) is 0 Å². The van der Waals surface area contributed by atoms with E-state index in [1.165, 1.54) is 19.3 Å². The molecule has 1 rings (SSSR count). The van der Waals surface area contributed by atoms with E-state index in [4.69, 9.17) is 10.6 Å². The highest BCUT2D eigenvalue weighted by atomic mass is 16.5. The third-order valence-electron chi connectivity index (χ3n) is 3.98. The zero-order valence-corrected chi connectivity index (χ0v) is 11.7. The fourth-order valence-electron chi connectivity index (χ4n) is 2.60. The van der Waals surface area contributed by atoms with Crippen LogP contribution >= 0.6 is 0 Å². The van der Waals surface area contributed by atoms with E-state index in [9.17, 15) is 0 Å². The van der Waals surface area contributed by atoms with Crippen LogP contribution in [0.25, 0.3) is 0 Å². The van der Waals surface area contributed by atoms with E-state index >= 15 is 0 Å². The van der Waals surface area contributed by atoms with Crippen LogP contribution in [-0.4, -0.2) is 42.8 Å². The first-order valence-electron chi connectivity index (χ1n) is 6.91. The van der Waals surface area contributed by atoms with Crippen LogP contribution in [0, 0.1) is 0 Å². The second kappa shape index (κ2) is 7.31. The number of ether oxygens (including phenoxy) is 1. The number of hydrogen-bond acceptors (Lipinski definition) is 4. The van der Waals surface area contributed by atoms with E-state index in [1.807, 2.05) is 0 Å². The number of morpholine rings is 1. The third-order valence-corrected chi connectivity index (χ3v) is 3.98. The Hall–Kier alpha value is -0.160. The van der Waals surface area contributed by atoms with E-state index in [0.29, 0.717) is 6.04 Å². The van der Waals surface area contributed by atoms with E-state index in [0.717, 1.165) is 32.7 Å². The molecule has 3 N–H and O–H groups in total. The van der Waals surface area contributed by atoms with Crippen molar-refractivity contribution in [2.75, 3.05) is 26.3 Å². The summed E-state index contributed by atoms with van der Waals surface area (Å²) >= 11 is 0. The van der Waals surface area contributed by atoms with Gasteiger partial charge in [0.25, 0.3) is 0 Å². The Morgan fingerprint density at radius 1 is 1.29 bits per heavy atom. The average Bonchev–Trinajstić information content (AvgIpc) is 2.35. The average molecular weight is 243 g/mol. The van der Waals surface area contributed by atoms with Gasteiger partial charge in [-0.3, -0.25) is 16.2 Å². The van der Waals surface area contributed by atoms with Crippen LogP contribution in [0.5, 0.6) is 0 Å². The van der Waals surface area contributed by atoms with Crippen molar-refractivity contribution in [2.24, 2.45) is 5.84 Å². The van der Waals surface area contributed by atoms with Crippen molar-refractivity contribution in [1.29, 1.82) is 0 Å². The van der Waals surface area contributed by atoms with Crippen LogP contribution in [0.4, 0.5) is 0 Å². The summed E-state index contributed by atoms with van der Waals surface area (Å²) in [6, 6.07) is 0.354. The molecule has 17 heavy (non-hydrogen) atoms. The van der Waals surface area contributed by atoms with Crippen LogP contribution in [0.3, 0.4) is 0 Å². The van der Waals surface area contributed by atoms with Crippen LogP contribution < -0.4 is 11.3 Å². The summed E-state index contributed by atoms with van der Waals surface area (Å²) in [7, 11) is 0. The molecule has 0 radical (unpaired) electrons. The molecule has 0 aromatic heterocycles. The van der Waals surface area contributed by atoms with Gasteiger partial charge in [-0.15, -0.1) is 0 Å². The van der Waals surface area contributed by atoms with Crippen LogP contribution in [0.2, 0.25) is 0 Å². The molecule has 1 unspecified atom stereocenters. The maximum Gasteiger partial charge on any atom is 0.0594 e. The minimum Gasteiger partial charge on any atom is -0.379 e. The quantitative estimate of drug-likeness (QED) is 0.404. The number of unbranched alkanes of at least 4 members (excludes halogenated alkanes) is 2. The molecule has 1 aliphatic rings. The highest BCUT2D eigenvalue weighted by Gasteiger charge is 2.35. The minimum absolute atomic E-state index is 0.103. The van der Waals surface area contributed by atoms with Gasteiger partial charge in [0.2, 0.25) is 0 Å². The molecule has 0 spiro atoms. The van der Waals surface area contributed by atoms with Gasteiger partial charge in [0.05, 0.1) is 13.2 Å². The zero-order valence-electron chi connectivity index (χ0n) is 11.7. The Labute approximate surface area is 106 Å². The molecule has 1 atom stereocenters. The molecule has 0 aromatic carbocycles. The maximum atomic E-state index is 5.74. The predicted octanol–water partition coefficient (Wildman–Crippen LogP) is 1.51. The summed E-state index contributed by atoms with van der Waals surface area (Å²) in [6.07, 6.45) is 4.94. The molecular formula is C13H29N3O. The van der Waals surface area contributed by atoms with Gasteiger partial charge in [0, 0.05) is 24.7 Å². The van der Waals surface area contributed by atoms with Gasteiger partial charge in [-0.05, 0) is 20.3 Å². The molecule has 4 nitrogen and oxygen atoms in total. The lowest BCUT2D eigenvalue weighted by Gasteiger charge is -2.45. The molecule has 0 aliphatic carbocycles. The first-order chi connectivity index (χ1) is 8.12. The van der Waals surface area contributed by atoms with Gasteiger partial charge in [-0.1, -0.05) is 26.2 Å². The topological polar surface area (TPSA) is 50.5 Å². The largest absolute Gasteiger partial charge is 0.379 e. The Balaban J connectivity index is 2.50. The van der Waals surface area contributed by atoms with Gasteiger partial charge in [-0.2, -0.15) is 0 Å². The number of nitrogens with two attached hydrogens (primary N) is 1. The van der Waals surface area contributed by atoms with Crippen molar-refractivity contribution in [2.45, 2.75) is 58.0 Å². The molecular weight excluding hydrogens is 214 g/mol. The van der Waals surface area contributed by atoms with Crippen LogP contribution in [-0.2, 0) is 4.74 Å². The number of hydrazine groups is 1. The van der Waals surface area contributed by atoms with Crippen molar-refractivity contribution >= 4 is 0 Å². The fourth-order valence-corrected chi connectivity index (χ4v) is 2.60. The van der Waals surface area contributed by atoms with Crippen LogP contribution in [0.15, 0.2) is 0 Å². The van der Waals surface area contributed by atoms with Gasteiger partial charge in [0.1, 0.15) is 0 Å². The molecule has 0 aromatic rings. The van der Waals surface area contributed by atoms with Gasteiger partial charge < -0.3 is 4.74 Å². The Morgan fingerprint density at radius 3 is 2.47 bits per heavy atom. The van der Waals surface area contributed by atoms with Crippen molar-refractivity contribution in [3.63, 3.8) is 0 Å². The Bertz CT molecular complexity index is 203. The molecule has 1 saturated heterocycles. The lowest BCUT2D eigenvalue weighted by molar-refractivity contribution is -0.0246. The number of hydrogen-bond donors (Lipinski definition) is 2. The monoisotopic (exact) mass is 243 g/mol. The SMILES string of the molecule is CCCCCC(NN)C(C)(C)N1CCOCC1. The van der Waals surface area contributed by atoms with Crippen molar-refractivity contribution in [1.82, 2.24) is 10.3 Å². The molecule has 1 heterocycles. The van der Waals surface area contributed by atoms with Crippen LogP contribution in [0.1, 0.15) is 46.5 Å². The summed E-state index contributed by atoms with van der Waals surface area (Å²) < 4.78 is 5.41. The van der Waals surface area contributed by atoms with E-state index < -0.39 is 0 Å². The minimum atomic E-state index is 0.103. The number of rotatable bonds is 7. The molecule has 102 valence electrons.